The van der Waals surface area contributed by atoms with Crippen molar-refractivity contribution in [2.45, 2.75) is 40.7 Å². The van der Waals surface area contributed by atoms with E-state index in [-0.39, 0.29) is 5.78 Å². The van der Waals surface area contributed by atoms with Crippen molar-refractivity contribution in [2.75, 3.05) is 5.32 Å². The Labute approximate surface area is 146 Å². The first-order chi connectivity index (χ1) is 11.7. The lowest BCUT2D eigenvalue weighted by Gasteiger charge is -2.14. The van der Waals surface area contributed by atoms with Crippen LogP contribution in [0.25, 0.3) is 0 Å². The molecule has 0 spiro atoms. The molecule has 132 valence electrons. The fourth-order valence-corrected chi connectivity index (χ4v) is 2.40. The van der Waals surface area contributed by atoms with Crippen LogP contribution in [-0.4, -0.2) is 23.8 Å². The average Bonchev–Trinajstić information content (AvgIpc) is 2.80. The Morgan fingerprint density at radius 1 is 1.04 bits per heavy atom. The van der Waals surface area contributed by atoms with Gasteiger partial charge in [0.2, 0.25) is 0 Å². The Morgan fingerprint density at radius 2 is 1.64 bits per heavy atom. The third kappa shape index (κ3) is 4.15. The van der Waals surface area contributed by atoms with Crippen LogP contribution >= 0.6 is 0 Å². The molecule has 0 bridgehead atoms. The summed E-state index contributed by atoms with van der Waals surface area (Å²) < 4.78 is 10.6. The molecule has 1 amide bonds. The molecule has 1 heterocycles. The minimum absolute atomic E-state index is 0.0543. The monoisotopic (exact) mass is 343 g/mol. The number of esters is 1. The molecule has 2 aromatic rings. The molecule has 1 unspecified atom stereocenters. The highest BCUT2D eigenvalue weighted by Crippen LogP contribution is 2.22. The summed E-state index contributed by atoms with van der Waals surface area (Å²) >= 11 is 0. The second-order valence-electron chi connectivity index (χ2n) is 5.88. The highest BCUT2D eigenvalue weighted by molar-refractivity contribution is 5.99. The molecule has 25 heavy (non-hydrogen) atoms. The third-order valence-electron chi connectivity index (χ3n) is 3.98. The van der Waals surface area contributed by atoms with Gasteiger partial charge in [-0.15, -0.1) is 0 Å². The van der Waals surface area contributed by atoms with Crippen molar-refractivity contribution in [1.29, 1.82) is 0 Å². The molecule has 0 aliphatic carbocycles. The first-order valence-electron chi connectivity index (χ1n) is 7.90. The van der Waals surface area contributed by atoms with Crippen LogP contribution in [0.2, 0.25) is 0 Å². The molecular formula is C19H21NO5. The van der Waals surface area contributed by atoms with Crippen molar-refractivity contribution in [3.63, 3.8) is 0 Å². The Hall–Kier alpha value is -2.89. The number of aryl methyl sites for hydroxylation is 2. The second-order valence-corrected chi connectivity index (χ2v) is 5.88. The minimum Gasteiger partial charge on any atom is -0.465 e. The van der Waals surface area contributed by atoms with Crippen LogP contribution in [0.1, 0.15) is 51.6 Å². The fourth-order valence-electron chi connectivity index (χ4n) is 2.40. The van der Waals surface area contributed by atoms with Gasteiger partial charge in [0.05, 0.1) is 0 Å². The molecule has 1 aromatic heterocycles. The summed E-state index contributed by atoms with van der Waals surface area (Å²) in [6.45, 7) is 8.17. The molecule has 0 saturated carbocycles. The molecule has 2 rings (SSSR count). The largest absolute Gasteiger partial charge is 0.465 e. The quantitative estimate of drug-likeness (QED) is 0.662. The number of carbonyl (C=O) groups excluding carboxylic acids is 3. The standard InChI is InChI=1S/C19H21NO5/c1-10-12(3)24-13(4)17(10)19(23)25-14(5)18(22)20-16-8-6-15(7-9-16)11(2)21/h6-9,14H,1-5H3,(H,20,22). The number of ether oxygens (including phenoxy) is 1. The summed E-state index contributed by atoms with van der Waals surface area (Å²) in [4.78, 5) is 35.7. The van der Waals surface area contributed by atoms with Crippen molar-refractivity contribution in [2.24, 2.45) is 0 Å². The van der Waals surface area contributed by atoms with E-state index in [1.807, 2.05) is 0 Å². The summed E-state index contributed by atoms with van der Waals surface area (Å²) in [5.74, 6) is 0.00161. The number of furan rings is 1. The number of hydrogen-bond donors (Lipinski definition) is 1. The van der Waals surface area contributed by atoms with Crippen molar-refractivity contribution in [3.8, 4) is 0 Å². The summed E-state index contributed by atoms with van der Waals surface area (Å²) in [6, 6.07) is 6.49. The number of Topliss-reactive ketones (excluding diaryl/α,β-unsaturated/α-hetero) is 1. The molecule has 0 radical (unpaired) electrons. The zero-order chi connectivity index (χ0) is 18.7. The molecule has 1 aromatic carbocycles. The van der Waals surface area contributed by atoms with Gasteiger partial charge in [-0.25, -0.2) is 4.79 Å². The van der Waals surface area contributed by atoms with Crippen molar-refractivity contribution in [1.82, 2.24) is 0 Å². The van der Waals surface area contributed by atoms with E-state index in [1.165, 1.54) is 13.8 Å². The van der Waals surface area contributed by atoms with E-state index in [2.05, 4.69) is 5.32 Å². The highest BCUT2D eigenvalue weighted by atomic mass is 16.5. The van der Waals surface area contributed by atoms with E-state index in [0.717, 1.165) is 0 Å². The van der Waals surface area contributed by atoms with E-state index < -0.39 is 18.0 Å². The molecule has 0 aliphatic heterocycles. The maximum Gasteiger partial charge on any atom is 0.342 e. The van der Waals surface area contributed by atoms with Crippen molar-refractivity contribution < 1.29 is 23.5 Å². The van der Waals surface area contributed by atoms with Gasteiger partial charge in [-0.1, -0.05) is 0 Å². The van der Waals surface area contributed by atoms with Gasteiger partial charge in [-0.2, -0.15) is 0 Å². The van der Waals surface area contributed by atoms with Crippen LogP contribution < -0.4 is 5.32 Å². The average molecular weight is 343 g/mol. The van der Waals surface area contributed by atoms with Gasteiger partial charge in [-0.3, -0.25) is 9.59 Å². The normalized spacial score (nSPS) is 11.7. The van der Waals surface area contributed by atoms with Gasteiger partial charge in [0, 0.05) is 16.8 Å². The van der Waals surface area contributed by atoms with Gasteiger partial charge < -0.3 is 14.5 Å². The van der Waals surface area contributed by atoms with Gasteiger partial charge >= 0.3 is 5.97 Å². The number of benzene rings is 1. The second kappa shape index (κ2) is 7.34. The number of carbonyl (C=O) groups is 3. The molecule has 1 N–H and O–H groups in total. The number of ketones is 1. The van der Waals surface area contributed by atoms with Crippen LogP contribution in [0, 0.1) is 20.8 Å². The highest BCUT2D eigenvalue weighted by Gasteiger charge is 2.24. The molecule has 6 heteroatoms. The lowest BCUT2D eigenvalue weighted by Crippen LogP contribution is -2.30. The maximum atomic E-state index is 12.3. The Morgan fingerprint density at radius 3 is 2.12 bits per heavy atom. The third-order valence-corrected chi connectivity index (χ3v) is 3.98. The topological polar surface area (TPSA) is 85.6 Å². The van der Waals surface area contributed by atoms with Crippen LogP contribution in [0.3, 0.4) is 0 Å². The number of anilines is 1. The summed E-state index contributed by atoms with van der Waals surface area (Å²) in [5, 5.41) is 2.65. The first-order valence-corrected chi connectivity index (χ1v) is 7.90. The zero-order valence-corrected chi connectivity index (χ0v) is 14.9. The first kappa shape index (κ1) is 18.4. The van der Waals surface area contributed by atoms with Gasteiger partial charge in [0.25, 0.3) is 5.91 Å². The van der Waals surface area contributed by atoms with Crippen LogP contribution in [0.5, 0.6) is 0 Å². The van der Waals surface area contributed by atoms with Gasteiger partial charge in [0.1, 0.15) is 17.1 Å². The van der Waals surface area contributed by atoms with E-state index in [1.54, 1.807) is 45.0 Å². The molecule has 0 saturated heterocycles. The van der Waals surface area contributed by atoms with E-state index in [4.69, 9.17) is 9.15 Å². The Bertz CT molecular complexity index is 817. The van der Waals surface area contributed by atoms with Gasteiger partial charge in [0.15, 0.2) is 11.9 Å². The number of nitrogens with one attached hydrogen (secondary N) is 1. The molecule has 0 aliphatic rings. The maximum absolute atomic E-state index is 12.3. The summed E-state index contributed by atoms with van der Waals surface area (Å²) in [6.07, 6.45) is -0.978. The summed E-state index contributed by atoms with van der Waals surface area (Å²) in [5.41, 5.74) is 2.13. The molecule has 6 nitrogen and oxygen atoms in total. The number of rotatable bonds is 5. The van der Waals surface area contributed by atoms with Crippen LogP contribution in [0.4, 0.5) is 5.69 Å². The Balaban J connectivity index is 2.02. The summed E-state index contributed by atoms with van der Waals surface area (Å²) in [7, 11) is 0. The molecule has 0 fully saturated rings. The lowest BCUT2D eigenvalue weighted by atomic mass is 10.1. The van der Waals surface area contributed by atoms with E-state index >= 15 is 0 Å². The SMILES string of the molecule is CC(=O)c1ccc(NC(=O)C(C)OC(=O)c2c(C)oc(C)c2C)cc1. The predicted octanol–water partition coefficient (Wildman–Crippen LogP) is 3.59. The molecular weight excluding hydrogens is 322 g/mol. The van der Waals surface area contributed by atoms with E-state index in [0.29, 0.717) is 33.9 Å². The minimum atomic E-state index is -0.978. The van der Waals surface area contributed by atoms with Crippen LogP contribution in [-0.2, 0) is 9.53 Å². The van der Waals surface area contributed by atoms with Crippen molar-refractivity contribution in [3.05, 3.63) is 52.5 Å². The zero-order valence-electron chi connectivity index (χ0n) is 14.9. The predicted molar refractivity (Wildman–Crippen MR) is 92.9 cm³/mol. The Kier molecular flexibility index (Phi) is 5.41. The number of amides is 1. The van der Waals surface area contributed by atoms with Gasteiger partial charge in [-0.05, 0) is 58.9 Å². The van der Waals surface area contributed by atoms with E-state index in [9.17, 15) is 14.4 Å². The van der Waals surface area contributed by atoms with Crippen molar-refractivity contribution >= 4 is 23.3 Å². The fraction of sp³-hybridized carbons (Fsp3) is 0.316. The lowest BCUT2D eigenvalue weighted by molar-refractivity contribution is -0.123. The number of hydrogen-bond acceptors (Lipinski definition) is 5. The molecule has 1 atom stereocenters. The smallest absolute Gasteiger partial charge is 0.342 e. The van der Waals surface area contributed by atoms with Crippen LogP contribution in [0.15, 0.2) is 28.7 Å².